The average molecular weight is 283 g/mol. The van der Waals surface area contributed by atoms with Crippen LogP contribution in [0, 0.1) is 6.92 Å². The predicted octanol–water partition coefficient (Wildman–Crippen LogP) is 0.729. The van der Waals surface area contributed by atoms with Crippen molar-refractivity contribution in [3.63, 3.8) is 0 Å². The molecule has 0 aliphatic rings. The monoisotopic (exact) mass is 283 g/mol. The van der Waals surface area contributed by atoms with Gasteiger partial charge in [-0.3, -0.25) is 9.59 Å². The van der Waals surface area contributed by atoms with E-state index in [4.69, 9.17) is 0 Å². The van der Waals surface area contributed by atoms with Crippen molar-refractivity contribution in [2.24, 2.45) is 0 Å². The fourth-order valence-corrected chi connectivity index (χ4v) is 2.77. The fourth-order valence-electron chi connectivity index (χ4n) is 1.60. The molecule has 0 aliphatic carbocycles. The molecule has 1 aromatic carbocycles. The van der Waals surface area contributed by atoms with E-state index < -0.39 is 33.0 Å². The second kappa shape index (κ2) is 6.47. The first kappa shape index (κ1) is 15.4. The third-order valence-electron chi connectivity index (χ3n) is 2.42. The Kier molecular flexibility index (Phi) is 5.23. The highest BCUT2D eigenvalue weighted by Gasteiger charge is 2.21. The molecule has 0 saturated carbocycles. The van der Waals surface area contributed by atoms with Gasteiger partial charge in [0.15, 0.2) is 15.6 Å². The Morgan fingerprint density at radius 2 is 1.89 bits per heavy atom. The lowest BCUT2D eigenvalue weighted by molar-refractivity contribution is -0.118. The Labute approximate surface area is 112 Å². The summed E-state index contributed by atoms with van der Waals surface area (Å²) in [7, 11) is -3.72. The maximum absolute atomic E-state index is 11.8. The van der Waals surface area contributed by atoms with Crippen molar-refractivity contribution < 1.29 is 18.0 Å². The highest BCUT2D eigenvalue weighted by atomic mass is 32.2. The molecule has 1 rings (SSSR count). The topological polar surface area (TPSA) is 80.3 Å². The smallest absolute Gasteiger partial charge is 0.235 e. The van der Waals surface area contributed by atoms with Gasteiger partial charge in [-0.15, -0.1) is 0 Å². The summed E-state index contributed by atoms with van der Waals surface area (Å²) in [5.74, 6) is -2.38. The van der Waals surface area contributed by atoms with Crippen LogP contribution in [0.5, 0.6) is 0 Å². The van der Waals surface area contributed by atoms with Crippen LogP contribution in [0.3, 0.4) is 0 Å². The molecule has 1 aromatic rings. The molecule has 0 aromatic heterocycles. The van der Waals surface area contributed by atoms with Crippen LogP contribution in [0.2, 0.25) is 0 Å². The lowest BCUT2D eigenvalue weighted by atomic mass is 10.1. The lowest BCUT2D eigenvalue weighted by Gasteiger charge is -2.05. The van der Waals surface area contributed by atoms with Crippen LogP contribution in [-0.4, -0.2) is 38.2 Å². The van der Waals surface area contributed by atoms with Crippen molar-refractivity contribution in [1.29, 1.82) is 0 Å². The lowest BCUT2D eigenvalue weighted by Crippen LogP contribution is -2.32. The maximum Gasteiger partial charge on any atom is 0.235 e. The molecule has 19 heavy (non-hydrogen) atoms. The van der Waals surface area contributed by atoms with E-state index in [0.29, 0.717) is 12.1 Å². The minimum Gasteiger partial charge on any atom is -0.356 e. The van der Waals surface area contributed by atoms with Crippen LogP contribution in [0.25, 0.3) is 0 Å². The summed E-state index contributed by atoms with van der Waals surface area (Å²) in [6.07, 6.45) is 0. The second-order valence-corrected chi connectivity index (χ2v) is 6.34. The van der Waals surface area contributed by atoms with Gasteiger partial charge in [0.2, 0.25) is 5.91 Å². The van der Waals surface area contributed by atoms with E-state index in [2.05, 4.69) is 5.32 Å². The molecular weight excluding hydrogens is 266 g/mol. The fraction of sp³-hybridized carbons (Fsp3) is 0.385. The van der Waals surface area contributed by atoms with Crippen LogP contribution in [0.15, 0.2) is 24.3 Å². The number of ketones is 1. The quantitative estimate of drug-likeness (QED) is 0.780. The van der Waals surface area contributed by atoms with E-state index >= 15 is 0 Å². The molecular formula is C13H17NO4S. The van der Waals surface area contributed by atoms with E-state index in [9.17, 15) is 18.0 Å². The molecule has 1 amide bonds. The maximum atomic E-state index is 11.8. The predicted molar refractivity (Wildman–Crippen MR) is 72.8 cm³/mol. The number of hydrogen-bond acceptors (Lipinski definition) is 4. The van der Waals surface area contributed by atoms with Crippen LogP contribution < -0.4 is 5.32 Å². The SMILES string of the molecule is CCNC(=O)CS(=O)(=O)CC(=O)c1cccc(C)c1. The Morgan fingerprint density at radius 1 is 1.21 bits per heavy atom. The van der Waals surface area contributed by atoms with Crippen LogP contribution in [0.4, 0.5) is 0 Å². The van der Waals surface area contributed by atoms with Gasteiger partial charge in [0.25, 0.3) is 0 Å². The van der Waals surface area contributed by atoms with Crippen molar-refractivity contribution >= 4 is 21.5 Å². The van der Waals surface area contributed by atoms with Gasteiger partial charge >= 0.3 is 0 Å². The first-order chi connectivity index (χ1) is 8.84. The van der Waals surface area contributed by atoms with Gasteiger partial charge in [-0.25, -0.2) is 8.42 Å². The molecule has 104 valence electrons. The van der Waals surface area contributed by atoms with Crippen molar-refractivity contribution in [1.82, 2.24) is 5.32 Å². The van der Waals surface area contributed by atoms with Gasteiger partial charge in [-0.2, -0.15) is 0 Å². The van der Waals surface area contributed by atoms with Gasteiger partial charge < -0.3 is 5.32 Å². The van der Waals surface area contributed by atoms with E-state index in [0.717, 1.165) is 5.56 Å². The summed E-state index contributed by atoms with van der Waals surface area (Å²) in [6.45, 7) is 3.88. The van der Waals surface area contributed by atoms with Crippen molar-refractivity contribution in [3.05, 3.63) is 35.4 Å². The van der Waals surface area contributed by atoms with Crippen LogP contribution >= 0.6 is 0 Å². The van der Waals surface area contributed by atoms with Crippen molar-refractivity contribution in [2.45, 2.75) is 13.8 Å². The van der Waals surface area contributed by atoms with Gasteiger partial charge in [0.05, 0.1) is 0 Å². The molecule has 0 atom stereocenters. The Hall–Kier alpha value is -1.69. The molecule has 0 radical (unpaired) electrons. The minimum absolute atomic E-state index is 0.347. The molecule has 1 N–H and O–H groups in total. The third-order valence-corrected chi connectivity index (χ3v) is 3.82. The molecule has 0 saturated heterocycles. The number of amides is 1. The summed E-state index contributed by atoms with van der Waals surface area (Å²) < 4.78 is 23.4. The van der Waals surface area contributed by atoms with Gasteiger partial charge in [0.1, 0.15) is 11.5 Å². The van der Waals surface area contributed by atoms with Crippen LogP contribution in [0.1, 0.15) is 22.8 Å². The number of carbonyl (C=O) groups is 2. The molecule has 6 heteroatoms. The number of rotatable bonds is 6. The van der Waals surface area contributed by atoms with E-state index in [1.165, 1.54) is 0 Å². The largest absolute Gasteiger partial charge is 0.356 e. The normalized spacial score (nSPS) is 11.1. The van der Waals surface area contributed by atoms with Gasteiger partial charge in [-0.1, -0.05) is 23.8 Å². The summed E-state index contributed by atoms with van der Waals surface area (Å²) in [5, 5.41) is 2.39. The van der Waals surface area contributed by atoms with Crippen molar-refractivity contribution in [2.75, 3.05) is 18.1 Å². The molecule has 0 spiro atoms. The zero-order valence-corrected chi connectivity index (χ0v) is 11.8. The molecule has 0 unspecified atom stereocenters. The number of carbonyl (C=O) groups excluding carboxylic acids is 2. The molecule has 0 bridgehead atoms. The zero-order chi connectivity index (χ0) is 14.5. The van der Waals surface area contributed by atoms with Crippen molar-refractivity contribution in [3.8, 4) is 0 Å². The minimum atomic E-state index is -3.72. The summed E-state index contributed by atoms with van der Waals surface area (Å²) in [5.41, 5.74) is 1.23. The first-order valence-corrected chi connectivity index (χ1v) is 7.73. The third kappa shape index (κ3) is 5.21. The summed E-state index contributed by atoms with van der Waals surface area (Å²) >= 11 is 0. The highest BCUT2D eigenvalue weighted by molar-refractivity contribution is 7.92. The second-order valence-electron chi connectivity index (χ2n) is 4.28. The number of Topliss-reactive ketones (excluding diaryl/α,β-unsaturated/α-hetero) is 1. The molecule has 0 fully saturated rings. The summed E-state index contributed by atoms with van der Waals surface area (Å²) in [4.78, 5) is 23.1. The Bertz CT molecular complexity index is 578. The van der Waals surface area contributed by atoms with E-state index in [1.807, 2.05) is 13.0 Å². The number of hydrogen-bond donors (Lipinski definition) is 1. The summed E-state index contributed by atoms with van der Waals surface area (Å²) in [6, 6.07) is 6.71. The number of aryl methyl sites for hydroxylation is 1. The van der Waals surface area contributed by atoms with E-state index in [-0.39, 0.29) is 0 Å². The number of benzene rings is 1. The number of nitrogens with one attached hydrogen (secondary N) is 1. The molecule has 5 nitrogen and oxygen atoms in total. The molecule has 0 aliphatic heterocycles. The Balaban J connectivity index is 2.73. The zero-order valence-electron chi connectivity index (χ0n) is 11.0. The highest BCUT2D eigenvalue weighted by Crippen LogP contribution is 2.06. The van der Waals surface area contributed by atoms with Crippen LogP contribution in [-0.2, 0) is 14.6 Å². The Morgan fingerprint density at radius 3 is 2.47 bits per heavy atom. The van der Waals surface area contributed by atoms with Gasteiger partial charge in [0, 0.05) is 12.1 Å². The van der Waals surface area contributed by atoms with E-state index in [1.54, 1.807) is 25.1 Å². The number of sulfone groups is 1. The first-order valence-electron chi connectivity index (χ1n) is 5.91. The molecule has 0 heterocycles. The standard InChI is InChI=1S/C13H17NO4S/c1-3-14-13(16)9-19(17,18)8-12(15)11-6-4-5-10(2)7-11/h4-7H,3,8-9H2,1-2H3,(H,14,16). The van der Waals surface area contributed by atoms with Gasteiger partial charge in [-0.05, 0) is 19.9 Å². The average Bonchev–Trinajstić information content (AvgIpc) is 2.27.